The molecule has 1 unspecified atom stereocenters. The molecule has 1 rings (SSSR count). The fraction of sp³-hybridized carbons (Fsp3) is 0.462. The zero-order chi connectivity index (χ0) is 14.4. The van der Waals surface area contributed by atoms with E-state index >= 15 is 0 Å². The Bertz CT molecular complexity index is 472. The fourth-order valence-electron chi connectivity index (χ4n) is 1.59. The Kier molecular flexibility index (Phi) is 6.09. The predicted molar refractivity (Wildman–Crippen MR) is 77.3 cm³/mol. The number of ether oxygens (including phenoxy) is 1. The van der Waals surface area contributed by atoms with E-state index in [1.165, 1.54) is 7.11 Å². The second-order valence-electron chi connectivity index (χ2n) is 4.37. The molecule has 0 fully saturated rings. The molecule has 0 aliphatic rings. The highest BCUT2D eigenvalue weighted by molar-refractivity contribution is 9.10. The molecule has 0 aromatic heterocycles. The average Bonchev–Trinajstić information content (AvgIpc) is 2.37. The molecule has 0 heterocycles. The van der Waals surface area contributed by atoms with Gasteiger partial charge in [-0.2, -0.15) is 5.26 Å². The number of methoxy groups -OCH3 is 1. The summed E-state index contributed by atoms with van der Waals surface area (Å²) in [7, 11) is 5.43. The Balaban J connectivity index is 2.87. The molecule has 0 radical (unpaired) electrons. The Labute approximate surface area is 121 Å². The molecule has 0 amide bonds. The fourth-order valence-corrected chi connectivity index (χ4v) is 2.05. The van der Waals surface area contributed by atoms with Gasteiger partial charge in [0.2, 0.25) is 0 Å². The van der Waals surface area contributed by atoms with Crippen molar-refractivity contribution < 1.29 is 9.84 Å². The van der Waals surface area contributed by atoms with Gasteiger partial charge in [-0.25, -0.2) is 0 Å². The molecule has 19 heavy (non-hydrogen) atoms. The SMILES string of the molecule is COc1cc(C(C#N)NCCN(C)C)cc(Br)c1O. The third kappa shape index (κ3) is 4.39. The second kappa shape index (κ2) is 7.34. The molecule has 2 N–H and O–H groups in total. The molecule has 6 heteroatoms. The van der Waals surface area contributed by atoms with E-state index in [0.29, 0.717) is 16.8 Å². The Morgan fingerprint density at radius 2 is 2.21 bits per heavy atom. The summed E-state index contributed by atoms with van der Waals surface area (Å²) in [4.78, 5) is 2.04. The van der Waals surface area contributed by atoms with E-state index in [1.807, 2.05) is 19.0 Å². The molecule has 0 spiro atoms. The molecule has 0 saturated carbocycles. The zero-order valence-corrected chi connectivity index (χ0v) is 12.9. The lowest BCUT2D eigenvalue weighted by Gasteiger charge is -2.16. The molecular formula is C13H18BrN3O2. The maximum absolute atomic E-state index is 9.74. The molecule has 0 saturated heterocycles. The van der Waals surface area contributed by atoms with Crippen LogP contribution in [0.3, 0.4) is 0 Å². The van der Waals surface area contributed by atoms with E-state index in [0.717, 1.165) is 12.1 Å². The Morgan fingerprint density at radius 1 is 1.53 bits per heavy atom. The zero-order valence-electron chi connectivity index (χ0n) is 11.3. The molecule has 0 bridgehead atoms. The van der Waals surface area contributed by atoms with Crippen molar-refractivity contribution in [3.8, 4) is 17.6 Å². The van der Waals surface area contributed by atoms with Crippen molar-refractivity contribution in [1.29, 1.82) is 5.26 Å². The van der Waals surface area contributed by atoms with E-state index < -0.39 is 6.04 Å². The van der Waals surface area contributed by atoms with Crippen LogP contribution in [-0.4, -0.2) is 44.3 Å². The molecule has 5 nitrogen and oxygen atoms in total. The lowest BCUT2D eigenvalue weighted by atomic mass is 10.1. The van der Waals surface area contributed by atoms with Gasteiger partial charge in [-0.05, 0) is 47.7 Å². The number of nitriles is 1. The van der Waals surface area contributed by atoms with Gasteiger partial charge in [-0.15, -0.1) is 0 Å². The number of nitrogens with one attached hydrogen (secondary N) is 1. The number of phenols is 1. The summed E-state index contributed by atoms with van der Waals surface area (Å²) in [5.74, 6) is 0.385. The summed E-state index contributed by atoms with van der Waals surface area (Å²) in [5.41, 5.74) is 0.753. The van der Waals surface area contributed by atoms with Crippen molar-refractivity contribution in [1.82, 2.24) is 10.2 Å². The largest absolute Gasteiger partial charge is 0.503 e. The first kappa shape index (κ1) is 15.8. The Morgan fingerprint density at radius 3 is 2.74 bits per heavy atom. The molecular weight excluding hydrogens is 310 g/mol. The normalized spacial score (nSPS) is 12.2. The molecule has 104 valence electrons. The highest BCUT2D eigenvalue weighted by Crippen LogP contribution is 2.36. The minimum absolute atomic E-state index is 0.0382. The Hall–Kier alpha value is -1.29. The number of hydrogen-bond donors (Lipinski definition) is 2. The van der Waals surface area contributed by atoms with Crippen LogP contribution in [0.25, 0.3) is 0 Å². The number of nitrogens with zero attached hydrogens (tertiary/aromatic N) is 2. The maximum atomic E-state index is 9.74. The van der Waals surface area contributed by atoms with Crippen molar-refractivity contribution >= 4 is 15.9 Å². The number of hydrogen-bond acceptors (Lipinski definition) is 5. The van der Waals surface area contributed by atoms with Crippen LogP contribution in [0.1, 0.15) is 11.6 Å². The van der Waals surface area contributed by atoms with E-state index in [-0.39, 0.29) is 5.75 Å². The van der Waals surface area contributed by atoms with Crippen LogP contribution in [0, 0.1) is 11.3 Å². The smallest absolute Gasteiger partial charge is 0.172 e. The van der Waals surface area contributed by atoms with Gasteiger partial charge >= 0.3 is 0 Å². The van der Waals surface area contributed by atoms with Gasteiger partial charge in [-0.1, -0.05) is 0 Å². The minimum Gasteiger partial charge on any atom is -0.503 e. The monoisotopic (exact) mass is 327 g/mol. The van der Waals surface area contributed by atoms with E-state index in [2.05, 4.69) is 27.3 Å². The number of halogens is 1. The van der Waals surface area contributed by atoms with Gasteiger partial charge in [0, 0.05) is 13.1 Å². The first-order valence-electron chi connectivity index (χ1n) is 5.83. The summed E-state index contributed by atoms with van der Waals surface area (Å²) >= 11 is 3.25. The average molecular weight is 328 g/mol. The molecule has 0 aliphatic heterocycles. The minimum atomic E-state index is -0.439. The van der Waals surface area contributed by atoms with Crippen LogP contribution in [-0.2, 0) is 0 Å². The van der Waals surface area contributed by atoms with Crippen molar-refractivity contribution in [2.45, 2.75) is 6.04 Å². The van der Waals surface area contributed by atoms with Gasteiger partial charge in [0.25, 0.3) is 0 Å². The van der Waals surface area contributed by atoms with Gasteiger partial charge < -0.3 is 14.7 Å². The molecule has 0 aliphatic carbocycles. The lowest BCUT2D eigenvalue weighted by Crippen LogP contribution is -2.29. The van der Waals surface area contributed by atoms with E-state index in [1.54, 1.807) is 12.1 Å². The van der Waals surface area contributed by atoms with Gasteiger partial charge in [0.15, 0.2) is 11.5 Å². The molecule has 1 atom stereocenters. The lowest BCUT2D eigenvalue weighted by molar-refractivity contribution is 0.370. The maximum Gasteiger partial charge on any atom is 0.172 e. The van der Waals surface area contributed by atoms with Crippen molar-refractivity contribution in [2.75, 3.05) is 34.3 Å². The van der Waals surface area contributed by atoms with E-state index in [9.17, 15) is 10.4 Å². The van der Waals surface area contributed by atoms with Crippen LogP contribution in [0.15, 0.2) is 16.6 Å². The van der Waals surface area contributed by atoms with Crippen LogP contribution in [0.4, 0.5) is 0 Å². The van der Waals surface area contributed by atoms with Crippen LogP contribution >= 0.6 is 15.9 Å². The summed E-state index contributed by atoms with van der Waals surface area (Å²) in [5, 5.41) is 22.1. The van der Waals surface area contributed by atoms with E-state index in [4.69, 9.17) is 4.74 Å². The summed E-state index contributed by atoms with van der Waals surface area (Å²) in [6.45, 7) is 1.54. The third-order valence-corrected chi connectivity index (χ3v) is 3.25. The topological polar surface area (TPSA) is 68.5 Å². The second-order valence-corrected chi connectivity index (χ2v) is 5.23. The quantitative estimate of drug-likeness (QED) is 0.834. The number of benzene rings is 1. The highest BCUT2D eigenvalue weighted by Gasteiger charge is 2.15. The first-order chi connectivity index (χ1) is 8.99. The number of rotatable bonds is 6. The van der Waals surface area contributed by atoms with Crippen molar-refractivity contribution in [2.24, 2.45) is 0 Å². The first-order valence-corrected chi connectivity index (χ1v) is 6.63. The summed E-state index contributed by atoms with van der Waals surface area (Å²) in [6.07, 6.45) is 0. The van der Waals surface area contributed by atoms with Gasteiger partial charge in [0.05, 0.1) is 17.7 Å². The van der Waals surface area contributed by atoms with Crippen LogP contribution in [0.2, 0.25) is 0 Å². The van der Waals surface area contributed by atoms with Crippen LogP contribution in [0.5, 0.6) is 11.5 Å². The van der Waals surface area contributed by atoms with Crippen molar-refractivity contribution in [3.63, 3.8) is 0 Å². The predicted octanol–water partition coefficient (Wildman–Crippen LogP) is 1.88. The van der Waals surface area contributed by atoms with Crippen molar-refractivity contribution in [3.05, 3.63) is 22.2 Å². The van der Waals surface area contributed by atoms with Crippen LogP contribution < -0.4 is 10.1 Å². The van der Waals surface area contributed by atoms with Gasteiger partial charge in [0.1, 0.15) is 6.04 Å². The summed E-state index contributed by atoms with van der Waals surface area (Å²) in [6, 6.07) is 5.14. The third-order valence-electron chi connectivity index (χ3n) is 2.64. The number of aromatic hydroxyl groups is 1. The highest BCUT2D eigenvalue weighted by atomic mass is 79.9. The number of likely N-dealkylation sites (N-methyl/N-ethyl adjacent to an activating group) is 1. The summed E-state index contributed by atoms with van der Waals surface area (Å²) < 4.78 is 5.59. The standard InChI is InChI=1S/C13H18BrN3O2/c1-17(2)5-4-16-11(8-15)9-6-10(14)13(18)12(7-9)19-3/h6-7,11,16,18H,4-5H2,1-3H3. The number of phenolic OH excluding ortho intramolecular Hbond substituents is 1. The van der Waals surface area contributed by atoms with Gasteiger partial charge in [-0.3, -0.25) is 5.32 Å². The molecule has 1 aromatic rings. The molecule has 1 aromatic carbocycles.